The van der Waals surface area contributed by atoms with Gasteiger partial charge in [-0.2, -0.15) is 9.40 Å². The summed E-state index contributed by atoms with van der Waals surface area (Å²) in [6.07, 6.45) is 4.71. The van der Waals surface area contributed by atoms with Gasteiger partial charge in [0.05, 0.1) is 18.2 Å². The van der Waals surface area contributed by atoms with Crippen molar-refractivity contribution in [3.8, 4) is 0 Å². The average Bonchev–Trinajstić information content (AvgIpc) is 3.02. The molecule has 1 fully saturated rings. The van der Waals surface area contributed by atoms with Crippen molar-refractivity contribution in [2.24, 2.45) is 7.05 Å². The summed E-state index contributed by atoms with van der Waals surface area (Å²) in [7, 11) is 2.10. The third kappa shape index (κ3) is 3.20. The molecule has 1 saturated heterocycles. The minimum absolute atomic E-state index is 0.0906. The van der Waals surface area contributed by atoms with Gasteiger partial charge in [-0.3, -0.25) is 0 Å². The van der Waals surface area contributed by atoms with Crippen molar-refractivity contribution >= 4 is 21.5 Å². The van der Waals surface area contributed by atoms with Gasteiger partial charge in [-0.25, -0.2) is 13.4 Å². The molecule has 10 heteroatoms. The maximum atomic E-state index is 12.6. The molecule has 3 heterocycles. The fourth-order valence-corrected chi connectivity index (χ4v) is 3.94. The predicted molar refractivity (Wildman–Crippen MR) is 90.5 cm³/mol. The molecular weight excluding hydrogens is 330 g/mol. The lowest BCUT2D eigenvalue weighted by molar-refractivity contribution is 0.382. The summed E-state index contributed by atoms with van der Waals surface area (Å²) in [5, 5.41) is 8.27. The molecule has 0 N–H and O–H groups in total. The Hall–Kier alpha value is -2.20. The van der Waals surface area contributed by atoms with E-state index in [-0.39, 0.29) is 5.03 Å². The van der Waals surface area contributed by atoms with Crippen LogP contribution < -0.4 is 9.80 Å². The van der Waals surface area contributed by atoms with Crippen molar-refractivity contribution < 1.29 is 8.42 Å². The summed E-state index contributed by atoms with van der Waals surface area (Å²) in [5.41, 5.74) is 0.962. The second-order valence-electron chi connectivity index (χ2n) is 5.93. The SMILES string of the molecule is CN(C)c1cnnc(N2CCN(S(=O)(=O)c3cn(C)cn3)CC2)c1. The summed E-state index contributed by atoms with van der Waals surface area (Å²) in [5.74, 6) is 0.760. The second-order valence-corrected chi connectivity index (χ2v) is 7.82. The zero-order valence-corrected chi connectivity index (χ0v) is 14.8. The zero-order chi connectivity index (χ0) is 17.3. The number of hydrogen-bond donors (Lipinski definition) is 0. The van der Waals surface area contributed by atoms with Gasteiger partial charge in [-0.1, -0.05) is 0 Å². The largest absolute Gasteiger partial charge is 0.376 e. The van der Waals surface area contributed by atoms with Crippen LogP contribution in [0, 0.1) is 0 Å². The molecule has 1 aliphatic heterocycles. The molecular formula is C14H21N7O2S. The van der Waals surface area contributed by atoms with Crippen LogP contribution in [0.25, 0.3) is 0 Å². The molecule has 0 bridgehead atoms. The minimum atomic E-state index is -3.54. The van der Waals surface area contributed by atoms with Gasteiger partial charge < -0.3 is 14.4 Å². The van der Waals surface area contributed by atoms with E-state index in [4.69, 9.17) is 0 Å². The first-order chi connectivity index (χ1) is 11.4. The number of anilines is 2. The van der Waals surface area contributed by atoms with E-state index in [0.29, 0.717) is 26.2 Å². The Morgan fingerprint density at radius 1 is 1.17 bits per heavy atom. The molecule has 0 atom stereocenters. The maximum Gasteiger partial charge on any atom is 0.262 e. The number of hydrogen-bond acceptors (Lipinski definition) is 7. The molecule has 0 radical (unpaired) electrons. The van der Waals surface area contributed by atoms with Gasteiger partial charge in [-0.05, 0) is 0 Å². The van der Waals surface area contributed by atoms with Crippen molar-refractivity contribution in [3.05, 3.63) is 24.8 Å². The number of nitrogens with zero attached hydrogens (tertiary/aromatic N) is 7. The van der Waals surface area contributed by atoms with Crippen LogP contribution in [-0.4, -0.2) is 72.7 Å². The monoisotopic (exact) mass is 351 g/mol. The summed E-state index contributed by atoms with van der Waals surface area (Å²) in [6, 6.07) is 1.95. The highest BCUT2D eigenvalue weighted by Gasteiger charge is 2.30. The molecule has 0 aliphatic carbocycles. The highest BCUT2D eigenvalue weighted by atomic mass is 32.2. The summed E-state index contributed by atoms with van der Waals surface area (Å²) in [4.78, 5) is 7.97. The molecule has 2 aromatic rings. The third-order valence-electron chi connectivity index (χ3n) is 3.99. The van der Waals surface area contributed by atoms with Crippen molar-refractivity contribution in [3.63, 3.8) is 0 Å². The van der Waals surface area contributed by atoms with E-state index in [1.807, 2.05) is 30.0 Å². The fraction of sp³-hybridized carbons (Fsp3) is 0.500. The van der Waals surface area contributed by atoms with E-state index in [1.54, 1.807) is 17.8 Å². The lowest BCUT2D eigenvalue weighted by Gasteiger charge is -2.34. The van der Waals surface area contributed by atoms with E-state index >= 15 is 0 Å². The van der Waals surface area contributed by atoms with Crippen molar-refractivity contribution in [2.75, 3.05) is 50.1 Å². The highest BCUT2D eigenvalue weighted by molar-refractivity contribution is 7.89. The van der Waals surface area contributed by atoms with Crippen LogP contribution in [0.1, 0.15) is 0 Å². The average molecular weight is 351 g/mol. The third-order valence-corrected chi connectivity index (χ3v) is 5.78. The van der Waals surface area contributed by atoms with Crippen LogP contribution >= 0.6 is 0 Å². The van der Waals surface area contributed by atoms with Gasteiger partial charge in [0.2, 0.25) is 0 Å². The van der Waals surface area contributed by atoms with E-state index in [2.05, 4.69) is 15.2 Å². The normalized spacial score (nSPS) is 16.4. The van der Waals surface area contributed by atoms with E-state index < -0.39 is 10.0 Å². The van der Waals surface area contributed by atoms with Crippen LogP contribution in [0.5, 0.6) is 0 Å². The quantitative estimate of drug-likeness (QED) is 0.753. The van der Waals surface area contributed by atoms with Gasteiger partial charge in [0, 0.05) is 59.6 Å². The molecule has 0 aromatic carbocycles. The van der Waals surface area contributed by atoms with Gasteiger partial charge >= 0.3 is 0 Å². The number of sulfonamides is 1. The molecule has 0 saturated carbocycles. The topological polar surface area (TPSA) is 87.5 Å². The lowest BCUT2D eigenvalue weighted by Crippen LogP contribution is -2.49. The Morgan fingerprint density at radius 3 is 2.46 bits per heavy atom. The van der Waals surface area contributed by atoms with Crippen LogP contribution in [-0.2, 0) is 17.1 Å². The van der Waals surface area contributed by atoms with Gasteiger partial charge in [0.1, 0.15) is 0 Å². The van der Waals surface area contributed by atoms with Crippen molar-refractivity contribution in [1.29, 1.82) is 0 Å². The van der Waals surface area contributed by atoms with Crippen LogP contribution in [0.3, 0.4) is 0 Å². The van der Waals surface area contributed by atoms with E-state index in [0.717, 1.165) is 11.5 Å². The van der Waals surface area contributed by atoms with Crippen molar-refractivity contribution in [2.45, 2.75) is 5.03 Å². The molecule has 9 nitrogen and oxygen atoms in total. The molecule has 2 aromatic heterocycles. The smallest absolute Gasteiger partial charge is 0.262 e. The van der Waals surface area contributed by atoms with Crippen molar-refractivity contribution in [1.82, 2.24) is 24.1 Å². The first-order valence-corrected chi connectivity index (χ1v) is 9.05. The number of piperazine rings is 1. The van der Waals surface area contributed by atoms with Gasteiger partial charge in [0.25, 0.3) is 10.0 Å². The number of aryl methyl sites for hydroxylation is 1. The molecule has 0 unspecified atom stereocenters. The Kier molecular flexibility index (Phi) is 4.41. The molecule has 24 heavy (non-hydrogen) atoms. The summed E-state index contributed by atoms with van der Waals surface area (Å²) < 4.78 is 28.3. The standard InChI is InChI=1S/C14H21N7O2S/c1-18(2)12-8-13(17-16-9-12)20-4-6-21(7-5-20)24(22,23)14-10-19(3)11-15-14/h8-11H,4-7H2,1-3H3. The Morgan fingerprint density at radius 2 is 1.88 bits per heavy atom. The van der Waals surface area contributed by atoms with E-state index in [9.17, 15) is 8.42 Å². The Balaban J connectivity index is 1.71. The van der Waals surface area contributed by atoms with Crippen LogP contribution in [0.4, 0.5) is 11.5 Å². The number of imidazole rings is 1. The summed E-state index contributed by atoms with van der Waals surface area (Å²) in [6.45, 7) is 1.93. The first kappa shape index (κ1) is 16.7. The Labute approximate surface area is 141 Å². The molecule has 0 spiro atoms. The molecule has 1 aliphatic rings. The molecule has 0 amide bonds. The molecule has 130 valence electrons. The van der Waals surface area contributed by atoms with Gasteiger partial charge in [0.15, 0.2) is 10.8 Å². The lowest BCUT2D eigenvalue weighted by atomic mass is 10.3. The maximum absolute atomic E-state index is 12.6. The number of aromatic nitrogens is 4. The van der Waals surface area contributed by atoms with E-state index in [1.165, 1.54) is 16.8 Å². The number of rotatable bonds is 4. The highest BCUT2D eigenvalue weighted by Crippen LogP contribution is 2.21. The predicted octanol–water partition coefficient (Wildman–Crippen LogP) is -0.213. The molecule has 3 rings (SSSR count). The second kappa shape index (κ2) is 6.36. The summed E-state index contributed by atoms with van der Waals surface area (Å²) >= 11 is 0. The minimum Gasteiger partial charge on any atom is -0.376 e. The van der Waals surface area contributed by atoms with Crippen LogP contribution in [0.2, 0.25) is 0 Å². The first-order valence-electron chi connectivity index (χ1n) is 7.61. The Bertz CT molecular complexity index is 810. The van der Waals surface area contributed by atoms with Crippen LogP contribution in [0.15, 0.2) is 29.8 Å². The zero-order valence-electron chi connectivity index (χ0n) is 14.0. The van der Waals surface area contributed by atoms with Gasteiger partial charge in [-0.15, -0.1) is 5.10 Å². The fourth-order valence-electron chi connectivity index (χ4n) is 2.56.